The second kappa shape index (κ2) is 6.86. The summed E-state index contributed by atoms with van der Waals surface area (Å²) in [5.74, 6) is -1.74. The maximum Gasteiger partial charge on any atom is 0.328 e. The van der Waals surface area contributed by atoms with Gasteiger partial charge in [-0.25, -0.2) is 14.2 Å². The summed E-state index contributed by atoms with van der Waals surface area (Å²) in [6.07, 6.45) is 0.330. The highest BCUT2D eigenvalue weighted by molar-refractivity contribution is 6.20. The van der Waals surface area contributed by atoms with Crippen LogP contribution < -0.4 is 15.5 Å². The first kappa shape index (κ1) is 20.8. The number of nitrogens with zero attached hydrogens (tertiary/aromatic N) is 3. The molecule has 0 bridgehead atoms. The van der Waals surface area contributed by atoms with E-state index in [4.69, 9.17) is 13.7 Å². The van der Waals surface area contributed by atoms with Crippen LogP contribution in [-0.2, 0) is 20.7 Å². The van der Waals surface area contributed by atoms with Crippen molar-refractivity contribution in [1.29, 1.82) is 0 Å². The van der Waals surface area contributed by atoms with Crippen molar-refractivity contribution in [2.24, 2.45) is 5.41 Å². The summed E-state index contributed by atoms with van der Waals surface area (Å²) in [6, 6.07) is -0.0829. The van der Waals surface area contributed by atoms with Crippen LogP contribution in [0.15, 0.2) is 21.3 Å². The number of anilines is 1. The number of urea groups is 1. The molecule has 2 fully saturated rings. The zero-order valence-corrected chi connectivity index (χ0v) is 18.5. The SMILES string of the molecule is Cc1nc(-c2noc3c(F)c4c(cc23)CC2(C(=O)NC(=O)NC2=O)[C@H]2[C@H](C)O[C@H](C)CN42)co1. The zero-order chi connectivity index (χ0) is 23.9. The lowest BCUT2D eigenvalue weighted by Crippen LogP contribution is -2.75. The molecule has 1 aromatic carbocycles. The Bertz CT molecular complexity index is 1380. The largest absolute Gasteiger partial charge is 0.449 e. The molecular formula is C22H20FN5O6. The van der Waals surface area contributed by atoms with Gasteiger partial charge in [0.2, 0.25) is 17.4 Å². The number of barbiturate groups is 1. The first-order valence-electron chi connectivity index (χ1n) is 10.8. The average Bonchev–Trinajstić information content (AvgIpc) is 3.37. The fourth-order valence-electron chi connectivity index (χ4n) is 5.61. The van der Waals surface area contributed by atoms with Crippen LogP contribution in [0.4, 0.5) is 14.9 Å². The van der Waals surface area contributed by atoms with E-state index in [9.17, 15) is 14.4 Å². The molecule has 3 atom stereocenters. The van der Waals surface area contributed by atoms with E-state index in [0.717, 1.165) is 0 Å². The number of hydrogen-bond acceptors (Lipinski definition) is 9. The Labute approximate surface area is 191 Å². The molecule has 11 nitrogen and oxygen atoms in total. The van der Waals surface area contributed by atoms with Gasteiger partial charge in [-0.2, -0.15) is 0 Å². The standard InChI is InChI=1S/C22H20FN5O6/c1-8-6-28-16-11(4-12-15(13-7-32-10(3)24-13)27-34-17(12)14(16)23)5-22(18(28)9(2)33-8)19(29)25-21(31)26-20(22)30/h4,7-9,18H,5-6H2,1-3H3,(H2,25,26,29,30,31)/t8-,9+,18-/m1/s1. The highest BCUT2D eigenvalue weighted by Gasteiger charge is 2.63. The van der Waals surface area contributed by atoms with E-state index >= 15 is 4.39 Å². The van der Waals surface area contributed by atoms with E-state index < -0.39 is 41.2 Å². The summed E-state index contributed by atoms with van der Waals surface area (Å²) in [4.78, 5) is 44.3. The summed E-state index contributed by atoms with van der Waals surface area (Å²) in [5, 5.41) is 8.77. The number of nitrogens with one attached hydrogen (secondary N) is 2. The first-order chi connectivity index (χ1) is 16.2. The average molecular weight is 469 g/mol. The van der Waals surface area contributed by atoms with Crippen LogP contribution >= 0.6 is 0 Å². The Balaban J connectivity index is 1.60. The number of oxazole rings is 1. The lowest BCUT2D eigenvalue weighted by molar-refractivity contribution is -0.153. The van der Waals surface area contributed by atoms with Crippen molar-refractivity contribution in [1.82, 2.24) is 20.8 Å². The third-order valence-corrected chi connectivity index (χ3v) is 6.83. The normalized spacial score (nSPS) is 25.8. The molecule has 1 spiro atoms. The Morgan fingerprint density at radius 3 is 2.62 bits per heavy atom. The summed E-state index contributed by atoms with van der Waals surface area (Å²) in [5.41, 5.74) is -0.493. The van der Waals surface area contributed by atoms with E-state index in [1.54, 1.807) is 24.8 Å². The maximum atomic E-state index is 16.0. The minimum absolute atomic E-state index is 0.0661. The van der Waals surface area contributed by atoms with Crippen molar-refractivity contribution in [3.05, 3.63) is 29.6 Å². The third-order valence-electron chi connectivity index (χ3n) is 6.83. The van der Waals surface area contributed by atoms with Crippen molar-refractivity contribution in [2.45, 2.75) is 45.4 Å². The number of hydrogen-bond donors (Lipinski definition) is 2. The summed E-state index contributed by atoms with van der Waals surface area (Å²) in [7, 11) is 0. The summed E-state index contributed by atoms with van der Waals surface area (Å²) in [6.45, 7) is 5.45. The third kappa shape index (κ3) is 2.62. The number of aryl methyl sites for hydroxylation is 1. The Kier molecular flexibility index (Phi) is 4.19. The van der Waals surface area contributed by atoms with Gasteiger partial charge in [0.1, 0.15) is 17.7 Å². The van der Waals surface area contributed by atoms with Crippen LogP contribution in [0.1, 0.15) is 25.3 Å². The molecule has 0 saturated carbocycles. The van der Waals surface area contributed by atoms with Gasteiger partial charge in [0.05, 0.1) is 29.3 Å². The molecule has 5 heterocycles. The first-order valence-corrected chi connectivity index (χ1v) is 10.8. The molecule has 0 aliphatic carbocycles. The van der Waals surface area contributed by atoms with E-state index in [0.29, 0.717) is 22.5 Å². The number of benzene rings is 1. The molecule has 3 aromatic rings. The topological polar surface area (TPSA) is 140 Å². The lowest BCUT2D eigenvalue weighted by Gasteiger charge is -2.55. The quantitative estimate of drug-likeness (QED) is 0.511. The number of carbonyl (C=O) groups is 3. The Hall–Kier alpha value is -3.80. The van der Waals surface area contributed by atoms with Gasteiger partial charge in [-0.15, -0.1) is 0 Å². The molecule has 2 N–H and O–H groups in total. The number of fused-ring (bicyclic) bond motifs is 5. The monoisotopic (exact) mass is 469 g/mol. The smallest absolute Gasteiger partial charge is 0.328 e. The highest BCUT2D eigenvalue weighted by Crippen LogP contribution is 2.49. The molecule has 12 heteroatoms. The fourth-order valence-corrected chi connectivity index (χ4v) is 5.61. The molecule has 176 valence electrons. The number of aromatic nitrogens is 2. The van der Waals surface area contributed by atoms with Gasteiger partial charge in [-0.05, 0) is 25.5 Å². The van der Waals surface area contributed by atoms with Crippen molar-refractivity contribution in [3.63, 3.8) is 0 Å². The van der Waals surface area contributed by atoms with Crippen LogP contribution in [0.25, 0.3) is 22.4 Å². The molecule has 0 unspecified atom stereocenters. The molecule has 0 radical (unpaired) electrons. The molecule has 3 aliphatic heterocycles. The van der Waals surface area contributed by atoms with E-state index in [1.807, 2.05) is 6.92 Å². The molecule has 4 amide bonds. The van der Waals surface area contributed by atoms with Gasteiger partial charge in [0.25, 0.3) is 0 Å². The zero-order valence-electron chi connectivity index (χ0n) is 18.5. The van der Waals surface area contributed by atoms with Gasteiger partial charge in [-0.3, -0.25) is 20.2 Å². The van der Waals surface area contributed by atoms with E-state index in [-0.39, 0.29) is 36.0 Å². The Morgan fingerprint density at radius 2 is 1.94 bits per heavy atom. The van der Waals surface area contributed by atoms with Crippen LogP contribution in [0, 0.1) is 18.2 Å². The second-order valence-corrected chi connectivity index (χ2v) is 8.99. The number of rotatable bonds is 1. The molecule has 6 rings (SSSR count). The van der Waals surface area contributed by atoms with Crippen LogP contribution in [0.5, 0.6) is 0 Å². The van der Waals surface area contributed by atoms with Crippen LogP contribution in [0.3, 0.4) is 0 Å². The molecule has 2 saturated heterocycles. The minimum atomic E-state index is -1.71. The highest BCUT2D eigenvalue weighted by atomic mass is 19.1. The molecule has 2 aromatic heterocycles. The minimum Gasteiger partial charge on any atom is -0.449 e. The summed E-state index contributed by atoms with van der Waals surface area (Å²) < 4.78 is 32.6. The number of amides is 4. The molecule has 3 aliphatic rings. The molecule has 34 heavy (non-hydrogen) atoms. The predicted molar refractivity (Wildman–Crippen MR) is 113 cm³/mol. The van der Waals surface area contributed by atoms with Crippen molar-refractivity contribution in [2.75, 3.05) is 11.4 Å². The number of ether oxygens (including phenoxy) is 1. The molecular weight excluding hydrogens is 449 g/mol. The van der Waals surface area contributed by atoms with Crippen LogP contribution in [0.2, 0.25) is 0 Å². The van der Waals surface area contributed by atoms with Crippen molar-refractivity contribution < 1.29 is 32.5 Å². The maximum absolute atomic E-state index is 16.0. The van der Waals surface area contributed by atoms with Gasteiger partial charge in [0, 0.05) is 19.9 Å². The van der Waals surface area contributed by atoms with E-state index in [1.165, 1.54) is 6.26 Å². The van der Waals surface area contributed by atoms with Gasteiger partial charge in [0.15, 0.2) is 17.1 Å². The van der Waals surface area contributed by atoms with Crippen molar-refractivity contribution in [3.8, 4) is 11.4 Å². The number of carbonyl (C=O) groups excluding carboxylic acids is 3. The van der Waals surface area contributed by atoms with Gasteiger partial charge < -0.3 is 18.6 Å². The number of imide groups is 2. The second-order valence-electron chi connectivity index (χ2n) is 8.99. The Morgan fingerprint density at radius 1 is 1.21 bits per heavy atom. The number of halogens is 1. The summed E-state index contributed by atoms with van der Waals surface area (Å²) >= 11 is 0. The van der Waals surface area contributed by atoms with Gasteiger partial charge >= 0.3 is 6.03 Å². The van der Waals surface area contributed by atoms with Crippen molar-refractivity contribution >= 4 is 34.5 Å². The van der Waals surface area contributed by atoms with Gasteiger partial charge in [-0.1, -0.05) is 5.16 Å². The number of morpholine rings is 1. The van der Waals surface area contributed by atoms with Crippen LogP contribution in [-0.4, -0.2) is 52.8 Å². The lowest BCUT2D eigenvalue weighted by atomic mass is 9.66. The predicted octanol–water partition coefficient (Wildman–Crippen LogP) is 1.82. The van der Waals surface area contributed by atoms with E-state index in [2.05, 4.69) is 20.8 Å². The fraction of sp³-hybridized carbons (Fsp3) is 0.409.